The van der Waals surface area contributed by atoms with Crippen LogP contribution >= 0.6 is 0 Å². The van der Waals surface area contributed by atoms with E-state index >= 15 is 0 Å². The van der Waals surface area contributed by atoms with Crippen LogP contribution in [-0.4, -0.2) is 30.5 Å². The van der Waals surface area contributed by atoms with Gasteiger partial charge in [0.1, 0.15) is 6.04 Å². The summed E-state index contributed by atoms with van der Waals surface area (Å²) in [5.41, 5.74) is 6.90. The molecule has 0 aliphatic carbocycles. The Morgan fingerprint density at radius 1 is 1.07 bits per heavy atom. The molecule has 0 fully saturated rings. The number of amides is 2. The van der Waals surface area contributed by atoms with Crippen LogP contribution in [0, 0.1) is 0 Å². The molecule has 1 unspecified atom stereocenters. The largest absolute Gasteiger partial charge is 0.420 e. The average molecular weight is 368 g/mol. The molecule has 3 aromatic rings. The first-order valence-electron chi connectivity index (χ1n) is 8.36. The molecule has 0 spiro atoms. The minimum atomic E-state index is -0.866. The summed E-state index contributed by atoms with van der Waals surface area (Å²) >= 11 is 0. The number of aromatic nitrogens is 1. The Bertz CT molecular complexity index is 1050. The second kappa shape index (κ2) is 7.36. The van der Waals surface area contributed by atoms with Crippen LogP contribution in [0.15, 0.2) is 57.7 Å². The maximum absolute atomic E-state index is 12.4. The molecule has 0 saturated carbocycles. The van der Waals surface area contributed by atoms with Gasteiger partial charge in [-0.05, 0) is 37.3 Å². The second-order valence-electron chi connectivity index (χ2n) is 6.27. The molecule has 2 amide bonds. The van der Waals surface area contributed by atoms with Gasteiger partial charge < -0.3 is 9.32 Å². The van der Waals surface area contributed by atoms with Crippen molar-refractivity contribution in [3.8, 4) is 0 Å². The van der Waals surface area contributed by atoms with Crippen LogP contribution in [0.2, 0.25) is 0 Å². The Hall–Kier alpha value is -3.55. The lowest BCUT2D eigenvalue weighted by Gasteiger charge is -2.15. The van der Waals surface area contributed by atoms with Crippen molar-refractivity contribution in [1.29, 1.82) is 0 Å². The fourth-order valence-electron chi connectivity index (χ4n) is 2.69. The maximum atomic E-state index is 12.4. The van der Waals surface area contributed by atoms with Gasteiger partial charge in [-0.25, -0.2) is 4.79 Å². The number of benzene rings is 2. The van der Waals surface area contributed by atoms with Crippen molar-refractivity contribution in [3.05, 3.63) is 64.6 Å². The molecule has 1 atom stereocenters. The first kappa shape index (κ1) is 18.2. The summed E-state index contributed by atoms with van der Waals surface area (Å²) in [4.78, 5) is 38.6. The van der Waals surface area contributed by atoms with E-state index in [2.05, 4.69) is 10.9 Å². The number of anilines is 1. The number of hydrogen-bond donors (Lipinski definition) is 2. The molecule has 0 radical (unpaired) electrons. The van der Waals surface area contributed by atoms with E-state index < -0.39 is 23.6 Å². The van der Waals surface area contributed by atoms with Gasteiger partial charge in [0.05, 0.1) is 5.52 Å². The van der Waals surface area contributed by atoms with Crippen molar-refractivity contribution in [2.45, 2.75) is 13.0 Å². The number of oxazole rings is 1. The molecule has 1 aromatic heterocycles. The lowest BCUT2D eigenvalue weighted by Crippen LogP contribution is -2.45. The Labute approximate surface area is 155 Å². The van der Waals surface area contributed by atoms with E-state index in [4.69, 9.17) is 4.42 Å². The number of carbonyl (C=O) groups excluding carboxylic acids is 2. The predicted molar refractivity (Wildman–Crippen MR) is 102 cm³/mol. The van der Waals surface area contributed by atoms with E-state index in [1.807, 2.05) is 25.1 Å². The summed E-state index contributed by atoms with van der Waals surface area (Å²) in [6.45, 7) is 1.55. The van der Waals surface area contributed by atoms with Crippen molar-refractivity contribution in [2.24, 2.45) is 0 Å². The lowest BCUT2D eigenvalue weighted by atomic mass is 10.2. The van der Waals surface area contributed by atoms with Gasteiger partial charge in [-0.2, -0.15) is 0 Å². The van der Waals surface area contributed by atoms with E-state index in [0.717, 1.165) is 5.69 Å². The van der Waals surface area contributed by atoms with Crippen LogP contribution < -0.4 is 21.5 Å². The molecule has 0 bridgehead atoms. The zero-order chi connectivity index (χ0) is 19.6. The molecule has 2 aromatic carbocycles. The number of rotatable bonds is 4. The molecule has 0 aliphatic heterocycles. The number of carbonyl (C=O) groups is 2. The standard InChI is InChI=1S/C19H20N4O4/c1-12(23-15-9-4-5-10-16(15)27-19(23)26)17(24)20-21-18(25)13-7-6-8-14(11-13)22(2)3/h4-12H,1-3H3,(H,20,24)(H,21,25). The molecular formula is C19H20N4O4. The minimum absolute atomic E-state index is 0.395. The Morgan fingerprint density at radius 2 is 1.81 bits per heavy atom. The van der Waals surface area contributed by atoms with Gasteiger partial charge in [0.2, 0.25) is 0 Å². The fraction of sp³-hybridized carbons (Fsp3) is 0.211. The minimum Gasteiger partial charge on any atom is -0.408 e. The Kier molecular flexibility index (Phi) is 4.98. The van der Waals surface area contributed by atoms with Crippen LogP contribution in [0.3, 0.4) is 0 Å². The van der Waals surface area contributed by atoms with Gasteiger partial charge in [0.25, 0.3) is 11.8 Å². The summed E-state index contributed by atoms with van der Waals surface area (Å²) < 4.78 is 6.38. The first-order valence-corrected chi connectivity index (χ1v) is 8.36. The number of nitrogens with one attached hydrogen (secondary N) is 2. The first-order chi connectivity index (χ1) is 12.9. The average Bonchev–Trinajstić information content (AvgIpc) is 3.00. The van der Waals surface area contributed by atoms with Gasteiger partial charge in [0.15, 0.2) is 5.58 Å². The molecule has 27 heavy (non-hydrogen) atoms. The maximum Gasteiger partial charge on any atom is 0.420 e. The highest BCUT2D eigenvalue weighted by molar-refractivity contribution is 5.96. The zero-order valence-corrected chi connectivity index (χ0v) is 15.2. The van der Waals surface area contributed by atoms with Crippen LogP contribution in [0.25, 0.3) is 11.1 Å². The quantitative estimate of drug-likeness (QED) is 0.683. The molecule has 2 N–H and O–H groups in total. The van der Waals surface area contributed by atoms with Crippen molar-refractivity contribution in [1.82, 2.24) is 15.4 Å². The smallest absolute Gasteiger partial charge is 0.408 e. The third-order valence-electron chi connectivity index (χ3n) is 4.21. The van der Waals surface area contributed by atoms with Crippen molar-refractivity contribution in [3.63, 3.8) is 0 Å². The molecule has 8 nitrogen and oxygen atoms in total. The topological polar surface area (TPSA) is 96.6 Å². The van der Waals surface area contributed by atoms with E-state index in [0.29, 0.717) is 16.7 Å². The molecule has 3 rings (SSSR count). The van der Waals surface area contributed by atoms with Crippen molar-refractivity contribution < 1.29 is 14.0 Å². The number of fused-ring (bicyclic) bond motifs is 1. The highest BCUT2D eigenvalue weighted by Gasteiger charge is 2.21. The molecule has 8 heteroatoms. The molecule has 140 valence electrons. The van der Waals surface area contributed by atoms with Crippen LogP contribution in [0.4, 0.5) is 5.69 Å². The summed E-state index contributed by atoms with van der Waals surface area (Å²) in [6, 6.07) is 12.9. The Morgan fingerprint density at radius 3 is 2.56 bits per heavy atom. The van der Waals surface area contributed by atoms with E-state index in [1.165, 1.54) is 4.57 Å². The van der Waals surface area contributed by atoms with E-state index in [1.54, 1.807) is 49.4 Å². The fourth-order valence-corrected chi connectivity index (χ4v) is 2.69. The number of hydrazine groups is 1. The zero-order valence-electron chi connectivity index (χ0n) is 15.2. The molecular weight excluding hydrogens is 348 g/mol. The normalized spacial score (nSPS) is 11.8. The predicted octanol–water partition coefficient (Wildman–Crippen LogP) is 1.68. The summed E-state index contributed by atoms with van der Waals surface area (Å²) in [7, 11) is 3.74. The van der Waals surface area contributed by atoms with Crippen LogP contribution in [0.5, 0.6) is 0 Å². The van der Waals surface area contributed by atoms with Crippen LogP contribution in [0.1, 0.15) is 23.3 Å². The van der Waals surface area contributed by atoms with Gasteiger partial charge in [-0.1, -0.05) is 18.2 Å². The monoisotopic (exact) mass is 368 g/mol. The summed E-state index contributed by atoms with van der Waals surface area (Å²) in [6.07, 6.45) is 0. The Balaban J connectivity index is 1.72. The van der Waals surface area contributed by atoms with Crippen molar-refractivity contribution in [2.75, 3.05) is 19.0 Å². The van der Waals surface area contributed by atoms with Gasteiger partial charge in [-0.15, -0.1) is 0 Å². The third kappa shape index (κ3) is 3.69. The second-order valence-corrected chi connectivity index (χ2v) is 6.27. The summed E-state index contributed by atoms with van der Waals surface area (Å²) in [5.74, 6) is -1.63. The van der Waals surface area contributed by atoms with E-state index in [-0.39, 0.29) is 0 Å². The van der Waals surface area contributed by atoms with E-state index in [9.17, 15) is 14.4 Å². The van der Waals surface area contributed by atoms with Crippen LogP contribution in [-0.2, 0) is 4.79 Å². The third-order valence-corrected chi connectivity index (χ3v) is 4.21. The number of hydrogen-bond acceptors (Lipinski definition) is 5. The number of para-hydroxylation sites is 2. The molecule has 1 heterocycles. The SMILES string of the molecule is CC(C(=O)NNC(=O)c1cccc(N(C)C)c1)n1c(=O)oc2ccccc21. The lowest BCUT2D eigenvalue weighted by molar-refractivity contribution is -0.124. The number of nitrogens with zero attached hydrogens (tertiary/aromatic N) is 2. The van der Waals surface area contributed by atoms with Gasteiger partial charge >= 0.3 is 5.76 Å². The summed E-state index contributed by atoms with van der Waals surface area (Å²) in [5, 5.41) is 0. The van der Waals surface area contributed by atoms with Gasteiger partial charge in [0, 0.05) is 25.3 Å². The van der Waals surface area contributed by atoms with Crippen molar-refractivity contribution >= 4 is 28.6 Å². The highest BCUT2D eigenvalue weighted by atomic mass is 16.4. The molecule has 0 aliphatic rings. The van der Waals surface area contributed by atoms with Gasteiger partial charge in [-0.3, -0.25) is 25.0 Å². The molecule has 0 saturated heterocycles. The highest BCUT2D eigenvalue weighted by Crippen LogP contribution is 2.16.